The SMILES string of the molecule is C=C(C)N1C/C=C/C=C(OCCNC(C)C)\C=C\C1. The van der Waals surface area contributed by atoms with Crippen molar-refractivity contribution in [2.45, 2.75) is 26.8 Å². The van der Waals surface area contributed by atoms with Gasteiger partial charge in [-0.15, -0.1) is 0 Å². The molecule has 0 aromatic heterocycles. The number of hydrogen-bond acceptors (Lipinski definition) is 3. The molecule has 19 heavy (non-hydrogen) atoms. The first-order valence-electron chi connectivity index (χ1n) is 6.89. The number of rotatable bonds is 6. The van der Waals surface area contributed by atoms with Gasteiger partial charge in [-0.25, -0.2) is 0 Å². The van der Waals surface area contributed by atoms with Crippen molar-refractivity contribution in [1.29, 1.82) is 0 Å². The van der Waals surface area contributed by atoms with E-state index in [4.69, 9.17) is 4.74 Å². The molecule has 1 rings (SSSR count). The van der Waals surface area contributed by atoms with Crippen molar-refractivity contribution >= 4 is 0 Å². The lowest BCUT2D eigenvalue weighted by atomic mass is 10.3. The predicted molar refractivity (Wildman–Crippen MR) is 81.8 cm³/mol. The van der Waals surface area contributed by atoms with Crippen LogP contribution < -0.4 is 5.32 Å². The molecule has 106 valence electrons. The van der Waals surface area contributed by atoms with E-state index >= 15 is 0 Å². The Hall–Kier alpha value is -1.48. The maximum Gasteiger partial charge on any atom is 0.119 e. The van der Waals surface area contributed by atoms with Gasteiger partial charge in [0.15, 0.2) is 0 Å². The van der Waals surface area contributed by atoms with Crippen LogP contribution in [-0.4, -0.2) is 37.2 Å². The Morgan fingerprint density at radius 1 is 1.42 bits per heavy atom. The first kappa shape index (κ1) is 15.6. The van der Waals surface area contributed by atoms with Crippen molar-refractivity contribution in [3.05, 3.63) is 48.4 Å². The fourth-order valence-electron chi connectivity index (χ4n) is 1.70. The summed E-state index contributed by atoms with van der Waals surface area (Å²) in [5, 5.41) is 3.33. The standard InChI is InChI=1S/C16H26N2O/c1-14(2)17-10-13-19-16-8-5-6-11-18(15(3)4)12-7-9-16/h5-9,14,17H,3,10-13H2,1-2,4H3/b6-5+,9-7+,16-8+. The molecule has 0 fully saturated rings. The second-order valence-corrected chi connectivity index (χ2v) is 5.00. The van der Waals surface area contributed by atoms with E-state index in [1.165, 1.54) is 0 Å². The third-order valence-electron chi connectivity index (χ3n) is 2.79. The number of nitrogens with one attached hydrogen (secondary N) is 1. The molecule has 0 unspecified atom stereocenters. The van der Waals surface area contributed by atoms with E-state index in [0.29, 0.717) is 12.6 Å². The summed E-state index contributed by atoms with van der Waals surface area (Å²) in [7, 11) is 0. The molecule has 0 saturated heterocycles. The van der Waals surface area contributed by atoms with E-state index in [0.717, 1.165) is 31.1 Å². The van der Waals surface area contributed by atoms with Crippen LogP contribution in [-0.2, 0) is 4.74 Å². The quantitative estimate of drug-likeness (QED) is 0.745. The van der Waals surface area contributed by atoms with Crippen LogP contribution in [0.2, 0.25) is 0 Å². The second kappa shape index (κ2) is 8.59. The predicted octanol–water partition coefficient (Wildman–Crippen LogP) is 2.85. The second-order valence-electron chi connectivity index (χ2n) is 5.00. The van der Waals surface area contributed by atoms with Gasteiger partial charge in [-0.05, 0) is 19.1 Å². The van der Waals surface area contributed by atoms with Crippen molar-refractivity contribution in [2.24, 2.45) is 0 Å². The highest BCUT2D eigenvalue weighted by Crippen LogP contribution is 2.06. The van der Waals surface area contributed by atoms with Gasteiger partial charge in [0, 0.05) is 31.4 Å². The van der Waals surface area contributed by atoms with Crippen LogP contribution in [0.25, 0.3) is 0 Å². The van der Waals surface area contributed by atoms with Gasteiger partial charge in [-0.2, -0.15) is 0 Å². The zero-order valence-corrected chi connectivity index (χ0v) is 12.4. The van der Waals surface area contributed by atoms with Crippen LogP contribution in [0.1, 0.15) is 20.8 Å². The van der Waals surface area contributed by atoms with E-state index < -0.39 is 0 Å². The molecule has 1 aliphatic rings. The molecule has 1 N–H and O–H groups in total. The maximum atomic E-state index is 5.74. The molecule has 0 radical (unpaired) electrons. The van der Waals surface area contributed by atoms with Crippen molar-refractivity contribution in [2.75, 3.05) is 26.2 Å². The minimum atomic E-state index is 0.498. The van der Waals surface area contributed by atoms with Gasteiger partial charge in [-0.1, -0.05) is 38.7 Å². The van der Waals surface area contributed by atoms with Crippen molar-refractivity contribution < 1.29 is 4.74 Å². The van der Waals surface area contributed by atoms with Crippen LogP contribution >= 0.6 is 0 Å². The Morgan fingerprint density at radius 3 is 2.84 bits per heavy atom. The van der Waals surface area contributed by atoms with E-state index in [1.54, 1.807) is 0 Å². The van der Waals surface area contributed by atoms with Crippen molar-refractivity contribution in [3.8, 4) is 0 Å². The monoisotopic (exact) mass is 262 g/mol. The van der Waals surface area contributed by atoms with Gasteiger partial charge in [0.25, 0.3) is 0 Å². The fourth-order valence-corrected chi connectivity index (χ4v) is 1.70. The molecule has 1 aliphatic heterocycles. The lowest BCUT2D eigenvalue weighted by Gasteiger charge is -2.20. The van der Waals surface area contributed by atoms with Crippen LogP contribution in [0.5, 0.6) is 0 Å². The third-order valence-corrected chi connectivity index (χ3v) is 2.79. The lowest BCUT2D eigenvalue weighted by molar-refractivity contribution is 0.222. The molecule has 0 bridgehead atoms. The summed E-state index contributed by atoms with van der Waals surface area (Å²) in [4.78, 5) is 2.21. The highest BCUT2D eigenvalue weighted by molar-refractivity contribution is 5.20. The number of ether oxygens (including phenoxy) is 1. The zero-order valence-electron chi connectivity index (χ0n) is 12.4. The minimum Gasteiger partial charge on any atom is -0.492 e. The molecular formula is C16H26N2O. The summed E-state index contributed by atoms with van der Waals surface area (Å²) in [5.41, 5.74) is 1.08. The Balaban J connectivity index is 2.44. The lowest BCUT2D eigenvalue weighted by Crippen LogP contribution is -2.26. The number of hydrogen-bond donors (Lipinski definition) is 1. The molecule has 0 aliphatic carbocycles. The summed E-state index contributed by atoms with van der Waals surface area (Å²) in [6.45, 7) is 13.6. The molecule has 0 spiro atoms. The molecule has 3 heteroatoms. The van der Waals surface area contributed by atoms with E-state index in [2.05, 4.69) is 42.8 Å². The third kappa shape index (κ3) is 6.87. The van der Waals surface area contributed by atoms with Gasteiger partial charge in [0.2, 0.25) is 0 Å². The Bertz CT molecular complexity index is 367. The van der Waals surface area contributed by atoms with E-state index in [1.807, 2.05) is 25.2 Å². The Kier molecular flexibility index (Phi) is 7.04. The molecule has 0 amide bonds. The molecule has 0 atom stereocenters. The van der Waals surface area contributed by atoms with Crippen molar-refractivity contribution in [3.63, 3.8) is 0 Å². The summed E-state index contributed by atoms with van der Waals surface area (Å²) in [6, 6.07) is 0.498. The normalized spacial score (nSPS) is 21.9. The summed E-state index contributed by atoms with van der Waals surface area (Å²) in [6.07, 6.45) is 10.3. The molecular weight excluding hydrogens is 236 g/mol. The summed E-state index contributed by atoms with van der Waals surface area (Å²) < 4.78 is 5.74. The van der Waals surface area contributed by atoms with Gasteiger partial charge >= 0.3 is 0 Å². The first-order chi connectivity index (χ1) is 9.09. The van der Waals surface area contributed by atoms with E-state index in [9.17, 15) is 0 Å². The van der Waals surface area contributed by atoms with Crippen LogP contribution in [0, 0.1) is 0 Å². The zero-order chi connectivity index (χ0) is 14.1. The Morgan fingerprint density at radius 2 is 2.16 bits per heavy atom. The summed E-state index contributed by atoms with van der Waals surface area (Å²) in [5.74, 6) is 0.908. The molecule has 0 aromatic carbocycles. The molecule has 1 heterocycles. The first-order valence-corrected chi connectivity index (χ1v) is 6.89. The van der Waals surface area contributed by atoms with Gasteiger partial charge in [-0.3, -0.25) is 0 Å². The Labute approximate surface area is 117 Å². The highest BCUT2D eigenvalue weighted by atomic mass is 16.5. The number of allylic oxidation sites excluding steroid dienone is 4. The minimum absolute atomic E-state index is 0.498. The smallest absolute Gasteiger partial charge is 0.119 e. The van der Waals surface area contributed by atoms with Gasteiger partial charge < -0.3 is 15.0 Å². The largest absolute Gasteiger partial charge is 0.492 e. The maximum absolute atomic E-state index is 5.74. The van der Waals surface area contributed by atoms with Crippen LogP contribution in [0.4, 0.5) is 0 Å². The average Bonchev–Trinajstić information content (AvgIpc) is 2.46. The fraction of sp³-hybridized carbons (Fsp3) is 0.500. The van der Waals surface area contributed by atoms with Gasteiger partial charge in [0.05, 0.1) is 0 Å². The molecule has 0 aromatic rings. The van der Waals surface area contributed by atoms with Crippen LogP contribution in [0.15, 0.2) is 48.4 Å². The molecule has 0 saturated carbocycles. The average molecular weight is 262 g/mol. The van der Waals surface area contributed by atoms with Gasteiger partial charge in [0.1, 0.15) is 12.4 Å². The number of nitrogens with zero attached hydrogens (tertiary/aromatic N) is 1. The summed E-state index contributed by atoms with van der Waals surface area (Å²) >= 11 is 0. The highest BCUT2D eigenvalue weighted by Gasteiger charge is 2.01. The topological polar surface area (TPSA) is 24.5 Å². The van der Waals surface area contributed by atoms with Crippen LogP contribution in [0.3, 0.4) is 0 Å². The van der Waals surface area contributed by atoms with E-state index in [-0.39, 0.29) is 0 Å². The molecule has 3 nitrogen and oxygen atoms in total. The van der Waals surface area contributed by atoms with Crippen molar-refractivity contribution in [1.82, 2.24) is 10.2 Å².